The van der Waals surface area contributed by atoms with Gasteiger partial charge in [-0.3, -0.25) is 0 Å². The Hall–Kier alpha value is -1.91. The van der Waals surface area contributed by atoms with Gasteiger partial charge in [0.2, 0.25) is 0 Å². The number of nitrogens with zero attached hydrogens (tertiary/aromatic N) is 1. The van der Waals surface area contributed by atoms with Crippen LogP contribution < -0.4 is 4.74 Å². The Bertz CT molecular complexity index is 764. The van der Waals surface area contributed by atoms with E-state index in [1.54, 1.807) is 25.4 Å². The fourth-order valence-electron chi connectivity index (χ4n) is 2.36. The fourth-order valence-corrected chi connectivity index (χ4v) is 3.26. The molecule has 0 spiro atoms. The van der Waals surface area contributed by atoms with E-state index in [0.717, 1.165) is 22.9 Å². The first-order valence-electron chi connectivity index (χ1n) is 6.85. The first-order valence-corrected chi connectivity index (χ1v) is 7.73. The Labute approximate surface area is 127 Å². The van der Waals surface area contributed by atoms with Crippen molar-refractivity contribution in [3.05, 3.63) is 58.0 Å². The molecule has 0 amide bonds. The van der Waals surface area contributed by atoms with Crippen molar-refractivity contribution in [1.29, 1.82) is 0 Å². The Morgan fingerprint density at radius 1 is 1.29 bits per heavy atom. The molecular weight excluding hydrogens is 282 g/mol. The van der Waals surface area contributed by atoms with Crippen molar-refractivity contribution < 1.29 is 9.84 Å². The molecule has 0 bridgehead atoms. The lowest BCUT2D eigenvalue weighted by atomic mass is 10.0. The van der Waals surface area contributed by atoms with Crippen LogP contribution in [0, 0.1) is 0 Å². The summed E-state index contributed by atoms with van der Waals surface area (Å²) in [6.45, 7) is 1.74. The van der Waals surface area contributed by atoms with Gasteiger partial charge < -0.3 is 9.84 Å². The minimum absolute atomic E-state index is 0.511. The maximum absolute atomic E-state index is 9.57. The predicted molar refractivity (Wildman–Crippen MR) is 86.1 cm³/mol. The number of fused-ring (bicyclic) bond motifs is 1. The van der Waals surface area contributed by atoms with Crippen molar-refractivity contribution >= 4 is 22.1 Å². The Balaban J connectivity index is 1.99. The van der Waals surface area contributed by atoms with E-state index in [1.807, 2.05) is 11.4 Å². The lowest BCUT2D eigenvalue weighted by Crippen LogP contribution is -1.94. The standard InChI is InChI=1S/C17H17NO2S/c1-11(19)16-10-21-17(18-16)8-13-5-3-4-12-6-7-14(20-2)9-15(12)13/h3-7,9-11,19H,8H2,1-2H3. The lowest BCUT2D eigenvalue weighted by Gasteiger charge is -2.07. The summed E-state index contributed by atoms with van der Waals surface area (Å²) in [6.07, 6.45) is 0.254. The molecule has 1 unspecified atom stereocenters. The highest BCUT2D eigenvalue weighted by Crippen LogP contribution is 2.27. The number of aliphatic hydroxyl groups excluding tert-OH is 1. The third-order valence-corrected chi connectivity index (χ3v) is 4.39. The molecule has 0 radical (unpaired) electrons. The number of aromatic nitrogens is 1. The van der Waals surface area contributed by atoms with E-state index in [2.05, 4.69) is 35.3 Å². The molecule has 1 N–H and O–H groups in total. The number of ether oxygens (including phenoxy) is 1. The van der Waals surface area contributed by atoms with Crippen LogP contribution in [0.3, 0.4) is 0 Å². The van der Waals surface area contributed by atoms with Crippen molar-refractivity contribution in [3.63, 3.8) is 0 Å². The molecule has 0 saturated heterocycles. The lowest BCUT2D eigenvalue weighted by molar-refractivity contribution is 0.195. The van der Waals surface area contributed by atoms with Crippen LogP contribution in [0.1, 0.15) is 29.3 Å². The Morgan fingerprint density at radius 2 is 2.14 bits per heavy atom. The first kappa shape index (κ1) is 14.0. The molecule has 108 valence electrons. The number of hydrogen-bond acceptors (Lipinski definition) is 4. The summed E-state index contributed by atoms with van der Waals surface area (Å²) in [7, 11) is 1.68. The first-order chi connectivity index (χ1) is 10.2. The van der Waals surface area contributed by atoms with Gasteiger partial charge in [0.05, 0.1) is 23.9 Å². The van der Waals surface area contributed by atoms with Gasteiger partial charge in [0.15, 0.2) is 0 Å². The van der Waals surface area contributed by atoms with Gasteiger partial charge in [-0.2, -0.15) is 0 Å². The van der Waals surface area contributed by atoms with Crippen LogP contribution in [0.4, 0.5) is 0 Å². The largest absolute Gasteiger partial charge is 0.497 e. The van der Waals surface area contributed by atoms with E-state index >= 15 is 0 Å². The quantitative estimate of drug-likeness (QED) is 0.793. The molecule has 21 heavy (non-hydrogen) atoms. The summed E-state index contributed by atoms with van der Waals surface area (Å²) in [6, 6.07) is 12.4. The van der Waals surface area contributed by atoms with Gasteiger partial charge in [-0.25, -0.2) is 4.98 Å². The van der Waals surface area contributed by atoms with Gasteiger partial charge in [-0.15, -0.1) is 11.3 Å². The number of methoxy groups -OCH3 is 1. The van der Waals surface area contributed by atoms with Crippen LogP contribution in [0.2, 0.25) is 0 Å². The van der Waals surface area contributed by atoms with Crippen molar-refractivity contribution in [2.45, 2.75) is 19.4 Å². The molecule has 4 heteroatoms. The topological polar surface area (TPSA) is 42.4 Å². The summed E-state index contributed by atoms with van der Waals surface area (Å²) >= 11 is 1.59. The zero-order valence-electron chi connectivity index (χ0n) is 12.0. The van der Waals surface area contributed by atoms with Gasteiger partial charge in [0, 0.05) is 11.8 Å². The highest BCUT2D eigenvalue weighted by Gasteiger charge is 2.09. The predicted octanol–water partition coefficient (Wildman–Crippen LogP) is 3.95. The van der Waals surface area contributed by atoms with E-state index in [9.17, 15) is 5.11 Å². The number of rotatable bonds is 4. The van der Waals surface area contributed by atoms with Crippen LogP contribution in [0.15, 0.2) is 41.8 Å². The summed E-state index contributed by atoms with van der Waals surface area (Å²) in [5.74, 6) is 0.860. The second-order valence-corrected chi connectivity index (χ2v) is 5.97. The maximum atomic E-state index is 9.57. The van der Waals surface area contributed by atoms with E-state index in [1.165, 1.54) is 16.3 Å². The molecule has 1 atom stereocenters. The zero-order valence-corrected chi connectivity index (χ0v) is 12.9. The zero-order chi connectivity index (χ0) is 14.8. The average Bonchev–Trinajstić information content (AvgIpc) is 2.96. The van der Waals surface area contributed by atoms with E-state index in [-0.39, 0.29) is 0 Å². The second kappa shape index (κ2) is 5.84. The van der Waals surface area contributed by atoms with Crippen LogP contribution in [0.25, 0.3) is 10.8 Å². The monoisotopic (exact) mass is 299 g/mol. The number of hydrogen-bond donors (Lipinski definition) is 1. The molecule has 0 aliphatic carbocycles. The van der Waals surface area contributed by atoms with E-state index in [4.69, 9.17) is 4.74 Å². The minimum atomic E-state index is -0.511. The number of benzene rings is 2. The molecule has 0 aliphatic heterocycles. The molecule has 1 aromatic heterocycles. The van der Waals surface area contributed by atoms with Gasteiger partial charge in [-0.1, -0.05) is 24.3 Å². The van der Waals surface area contributed by atoms with Crippen LogP contribution in [-0.2, 0) is 6.42 Å². The highest BCUT2D eigenvalue weighted by molar-refractivity contribution is 7.09. The smallest absolute Gasteiger partial charge is 0.119 e. The van der Waals surface area contributed by atoms with Crippen molar-refractivity contribution in [1.82, 2.24) is 4.98 Å². The molecule has 0 saturated carbocycles. The van der Waals surface area contributed by atoms with Gasteiger partial charge >= 0.3 is 0 Å². The molecule has 3 nitrogen and oxygen atoms in total. The third-order valence-electron chi connectivity index (χ3n) is 3.52. The van der Waals surface area contributed by atoms with Gasteiger partial charge in [-0.05, 0) is 35.4 Å². The summed E-state index contributed by atoms with van der Waals surface area (Å²) in [4.78, 5) is 4.49. The fraction of sp³-hybridized carbons (Fsp3) is 0.235. The molecule has 0 fully saturated rings. The van der Waals surface area contributed by atoms with Crippen molar-refractivity contribution in [2.24, 2.45) is 0 Å². The third kappa shape index (κ3) is 2.91. The van der Waals surface area contributed by atoms with Crippen molar-refractivity contribution in [2.75, 3.05) is 7.11 Å². The van der Waals surface area contributed by atoms with Crippen LogP contribution in [0.5, 0.6) is 5.75 Å². The van der Waals surface area contributed by atoms with Gasteiger partial charge in [0.25, 0.3) is 0 Å². The van der Waals surface area contributed by atoms with E-state index < -0.39 is 6.10 Å². The van der Waals surface area contributed by atoms with E-state index in [0.29, 0.717) is 0 Å². The molecule has 0 aliphatic rings. The normalized spacial score (nSPS) is 12.5. The molecule has 1 heterocycles. The second-order valence-electron chi connectivity index (χ2n) is 5.02. The molecule has 2 aromatic carbocycles. The van der Waals surface area contributed by atoms with Crippen LogP contribution >= 0.6 is 11.3 Å². The summed E-state index contributed by atoms with van der Waals surface area (Å²) in [5.41, 5.74) is 1.96. The maximum Gasteiger partial charge on any atom is 0.119 e. The molecule has 3 aromatic rings. The Kier molecular flexibility index (Phi) is 3.90. The van der Waals surface area contributed by atoms with Crippen molar-refractivity contribution in [3.8, 4) is 5.75 Å². The average molecular weight is 299 g/mol. The van der Waals surface area contributed by atoms with Crippen LogP contribution in [-0.4, -0.2) is 17.2 Å². The molecule has 3 rings (SSSR count). The number of aliphatic hydroxyl groups is 1. The molecular formula is C17H17NO2S. The summed E-state index contributed by atoms with van der Waals surface area (Å²) < 4.78 is 5.32. The highest BCUT2D eigenvalue weighted by atomic mass is 32.1. The number of thiazole rings is 1. The SMILES string of the molecule is COc1ccc2cccc(Cc3nc(C(C)O)cs3)c2c1. The van der Waals surface area contributed by atoms with Gasteiger partial charge in [0.1, 0.15) is 5.75 Å². The minimum Gasteiger partial charge on any atom is -0.497 e. The Morgan fingerprint density at radius 3 is 2.86 bits per heavy atom. The summed E-state index contributed by atoms with van der Waals surface area (Å²) in [5, 5.41) is 14.9.